The number of carbonyl (C=O) groups excluding carboxylic acids is 2. The van der Waals surface area contributed by atoms with Crippen LogP contribution in [0.15, 0.2) is 47.0 Å². The van der Waals surface area contributed by atoms with Crippen LogP contribution in [-0.2, 0) is 20.1 Å². The lowest BCUT2D eigenvalue weighted by atomic mass is 10.2. The van der Waals surface area contributed by atoms with Crippen LogP contribution in [0.2, 0.25) is 0 Å². The number of benzene rings is 1. The highest BCUT2D eigenvalue weighted by Crippen LogP contribution is 2.18. The second kappa shape index (κ2) is 8.43. The minimum atomic E-state index is -0.475. The summed E-state index contributed by atoms with van der Waals surface area (Å²) in [5.41, 5.74) is 1.66. The molecular formula is C20H22N4O4. The largest absolute Gasteiger partial charge is 0.486 e. The van der Waals surface area contributed by atoms with Crippen LogP contribution < -0.4 is 15.4 Å². The Morgan fingerprint density at radius 1 is 1.14 bits per heavy atom. The maximum absolute atomic E-state index is 12.4. The first-order valence-corrected chi connectivity index (χ1v) is 8.87. The molecular weight excluding hydrogens is 360 g/mol. The smallest absolute Gasteiger partial charge is 0.291 e. The van der Waals surface area contributed by atoms with Crippen molar-refractivity contribution in [1.29, 1.82) is 0 Å². The van der Waals surface area contributed by atoms with Crippen molar-refractivity contribution >= 4 is 17.5 Å². The molecule has 0 saturated carbocycles. The van der Waals surface area contributed by atoms with Gasteiger partial charge in [-0.2, -0.15) is 5.10 Å². The van der Waals surface area contributed by atoms with Crippen molar-refractivity contribution in [2.24, 2.45) is 7.05 Å². The van der Waals surface area contributed by atoms with E-state index in [-0.39, 0.29) is 18.1 Å². The Balaban J connectivity index is 1.63. The summed E-state index contributed by atoms with van der Waals surface area (Å²) in [6, 6.07) is 11.1. The molecule has 0 atom stereocenters. The zero-order valence-electron chi connectivity index (χ0n) is 16.0. The summed E-state index contributed by atoms with van der Waals surface area (Å²) in [7, 11) is 3.16. The molecule has 0 aliphatic heterocycles. The second-order valence-corrected chi connectivity index (χ2v) is 6.15. The number of amides is 2. The van der Waals surface area contributed by atoms with Gasteiger partial charge in [0.05, 0.1) is 5.69 Å². The predicted octanol–water partition coefficient (Wildman–Crippen LogP) is 2.77. The van der Waals surface area contributed by atoms with Gasteiger partial charge in [-0.25, -0.2) is 0 Å². The first kappa shape index (κ1) is 19.2. The zero-order chi connectivity index (χ0) is 20.1. The van der Waals surface area contributed by atoms with Gasteiger partial charge in [0.25, 0.3) is 11.8 Å². The number of carbonyl (C=O) groups is 2. The van der Waals surface area contributed by atoms with Gasteiger partial charge in [-0.15, -0.1) is 0 Å². The van der Waals surface area contributed by atoms with Crippen LogP contribution in [0, 0.1) is 0 Å². The van der Waals surface area contributed by atoms with E-state index in [1.807, 2.05) is 24.3 Å². The molecule has 0 unspecified atom stereocenters. The Morgan fingerprint density at radius 3 is 2.57 bits per heavy atom. The maximum atomic E-state index is 12.4. The third-order valence-corrected chi connectivity index (χ3v) is 4.12. The average Bonchev–Trinajstić information content (AvgIpc) is 3.32. The molecule has 8 heteroatoms. The van der Waals surface area contributed by atoms with E-state index in [4.69, 9.17) is 9.15 Å². The standard InChI is InChI=1S/C20H22N4O4/c1-4-13-5-7-14(8-6-13)27-12-15-9-10-17(28-15)19(25)22-16-11-24(3)23-18(16)20(26)21-2/h5-11H,4,12H2,1-3H3,(H,21,26)(H,22,25). The molecule has 2 aromatic heterocycles. The summed E-state index contributed by atoms with van der Waals surface area (Å²) in [5.74, 6) is 0.495. The third-order valence-electron chi connectivity index (χ3n) is 4.12. The van der Waals surface area contributed by atoms with Crippen molar-refractivity contribution in [3.8, 4) is 5.75 Å². The highest BCUT2D eigenvalue weighted by atomic mass is 16.5. The van der Waals surface area contributed by atoms with E-state index in [1.54, 1.807) is 25.4 Å². The molecule has 146 valence electrons. The molecule has 0 aliphatic carbocycles. The number of rotatable bonds is 7. The van der Waals surface area contributed by atoms with Crippen LogP contribution >= 0.6 is 0 Å². The Kier molecular flexibility index (Phi) is 5.78. The van der Waals surface area contributed by atoms with E-state index in [0.29, 0.717) is 11.4 Å². The SMILES string of the molecule is CCc1ccc(OCc2ccc(C(=O)Nc3cn(C)nc3C(=O)NC)o2)cc1. The first-order chi connectivity index (χ1) is 13.5. The maximum Gasteiger partial charge on any atom is 0.291 e. The minimum absolute atomic E-state index is 0.117. The van der Waals surface area contributed by atoms with Gasteiger partial charge in [0.15, 0.2) is 11.5 Å². The topological polar surface area (TPSA) is 98.4 Å². The summed E-state index contributed by atoms with van der Waals surface area (Å²) < 4.78 is 12.7. The van der Waals surface area contributed by atoms with Gasteiger partial charge in [0.2, 0.25) is 0 Å². The Labute approximate surface area is 162 Å². The predicted molar refractivity (Wildman–Crippen MR) is 103 cm³/mol. The second-order valence-electron chi connectivity index (χ2n) is 6.15. The summed E-state index contributed by atoms with van der Waals surface area (Å²) in [5, 5.41) is 9.18. The summed E-state index contributed by atoms with van der Waals surface area (Å²) in [6.07, 6.45) is 2.52. The molecule has 0 saturated heterocycles. The van der Waals surface area contributed by atoms with Crippen LogP contribution in [-0.4, -0.2) is 28.6 Å². The number of aryl methyl sites for hydroxylation is 2. The molecule has 0 aliphatic rings. The van der Waals surface area contributed by atoms with Gasteiger partial charge in [-0.05, 0) is 36.2 Å². The minimum Gasteiger partial charge on any atom is -0.486 e. The van der Waals surface area contributed by atoms with Crippen LogP contribution in [0.4, 0.5) is 5.69 Å². The average molecular weight is 382 g/mol. The van der Waals surface area contributed by atoms with Crippen LogP contribution in [0.5, 0.6) is 5.75 Å². The van der Waals surface area contributed by atoms with E-state index in [2.05, 4.69) is 22.7 Å². The molecule has 1 aromatic carbocycles. The van der Waals surface area contributed by atoms with Crippen molar-refractivity contribution in [1.82, 2.24) is 15.1 Å². The highest BCUT2D eigenvalue weighted by molar-refractivity contribution is 6.06. The lowest BCUT2D eigenvalue weighted by Gasteiger charge is -2.05. The van der Waals surface area contributed by atoms with Gasteiger partial charge >= 0.3 is 0 Å². The monoisotopic (exact) mass is 382 g/mol. The number of nitrogens with zero attached hydrogens (tertiary/aromatic N) is 2. The van der Waals surface area contributed by atoms with E-state index in [9.17, 15) is 9.59 Å². The van der Waals surface area contributed by atoms with Crippen molar-refractivity contribution in [2.45, 2.75) is 20.0 Å². The molecule has 0 spiro atoms. The number of anilines is 1. The van der Waals surface area contributed by atoms with Crippen molar-refractivity contribution < 1.29 is 18.7 Å². The normalized spacial score (nSPS) is 10.5. The van der Waals surface area contributed by atoms with E-state index in [0.717, 1.165) is 12.2 Å². The van der Waals surface area contributed by atoms with Gasteiger partial charge in [0, 0.05) is 20.3 Å². The number of furan rings is 1. The fourth-order valence-corrected chi connectivity index (χ4v) is 2.60. The molecule has 28 heavy (non-hydrogen) atoms. The fourth-order valence-electron chi connectivity index (χ4n) is 2.60. The van der Waals surface area contributed by atoms with Crippen LogP contribution in [0.3, 0.4) is 0 Å². The molecule has 3 rings (SSSR count). The highest BCUT2D eigenvalue weighted by Gasteiger charge is 2.19. The molecule has 3 aromatic rings. The molecule has 8 nitrogen and oxygen atoms in total. The molecule has 2 N–H and O–H groups in total. The van der Waals surface area contributed by atoms with Crippen molar-refractivity contribution in [3.05, 3.63) is 65.4 Å². The Hall–Kier alpha value is -3.55. The zero-order valence-corrected chi connectivity index (χ0v) is 16.0. The molecule has 0 fully saturated rings. The van der Waals surface area contributed by atoms with E-state index >= 15 is 0 Å². The van der Waals surface area contributed by atoms with Crippen LogP contribution in [0.25, 0.3) is 0 Å². The number of ether oxygens (including phenoxy) is 1. The summed E-state index contributed by atoms with van der Waals surface area (Å²) >= 11 is 0. The van der Waals surface area contributed by atoms with Crippen molar-refractivity contribution in [3.63, 3.8) is 0 Å². The number of hydrogen-bond acceptors (Lipinski definition) is 5. The van der Waals surface area contributed by atoms with Gasteiger partial charge in [0.1, 0.15) is 18.1 Å². The van der Waals surface area contributed by atoms with Gasteiger partial charge in [-0.1, -0.05) is 19.1 Å². The lowest BCUT2D eigenvalue weighted by Crippen LogP contribution is -2.21. The number of nitrogens with one attached hydrogen (secondary N) is 2. The molecule has 0 radical (unpaired) electrons. The summed E-state index contributed by atoms with van der Waals surface area (Å²) in [4.78, 5) is 24.3. The molecule has 2 amide bonds. The molecule has 2 heterocycles. The lowest BCUT2D eigenvalue weighted by molar-refractivity contribution is 0.0958. The Morgan fingerprint density at radius 2 is 1.89 bits per heavy atom. The third kappa shape index (κ3) is 4.40. The quantitative estimate of drug-likeness (QED) is 0.655. The van der Waals surface area contributed by atoms with Crippen molar-refractivity contribution in [2.75, 3.05) is 12.4 Å². The molecule has 0 bridgehead atoms. The first-order valence-electron chi connectivity index (χ1n) is 8.87. The van der Waals surface area contributed by atoms with E-state index < -0.39 is 11.8 Å². The van der Waals surface area contributed by atoms with Crippen LogP contribution in [0.1, 0.15) is 39.3 Å². The Bertz CT molecular complexity index is 973. The van der Waals surface area contributed by atoms with E-state index in [1.165, 1.54) is 17.3 Å². The number of hydrogen-bond donors (Lipinski definition) is 2. The summed E-state index contributed by atoms with van der Waals surface area (Å²) in [6.45, 7) is 2.30. The van der Waals surface area contributed by atoms with Gasteiger partial charge < -0.3 is 19.8 Å². The number of aromatic nitrogens is 2. The fraction of sp³-hybridized carbons (Fsp3) is 0.250. The van der Waals surface area contributed by atoms with Gasteiger partial charge in [-0.3, -0.25) is 14.3 Å².